The number of rotatable bonds is 2. The molecule has 0 heterocycles. The molecule has 0 spiro atoms. The summed E-state index contributed by atoms with van der Waals surface area (Å²) in [7, 11) is 0. The van der Waals surface area contributed by atoms with Crippen LogP contribution in [0.15, 0.2) is 18.2 Å². The lowest BCUT2D eigenvalue weighted by Gasteiger charge is -2.08. The average molecular weight is 226 g/mol. The fraction of sp³-hybridized carbons (Fsp3) is 0.250. The van der Waals surface area contributed by atoms with Crippen LogP contribution in [0.3, 0.4) is 0 Å². The molecule has 1 atom stereocenters. The van der Waals surface area contributed by atoms with Gasteiger partial charge in [0.25, 0.3) is 0 Å². The van der Waals surface area contributed by atoms with Crippen molar-refractivity contribution in [3.63, 3.8) is 0 Å². The maximum Gasteiger partial charge on any atom is 0.142 e. The van der Waals surface area contributed by atoms with Gasteiger partial charge in [-0.15, -0.1) is 12.4 Å². The summed E-state index contributed by atoms with van der Waals surface area (Å²) in [5, 5.41) is 8.73. The summed E-state index contributed by atoms with van der Waals surface area (Å²) in [4.78, 5) is 0. The highest BCUT2D eigenvalue weighted by molar-refractivity contribution is 6.30. The van der Waals surface area contributed by atoms with Gasteiger partial charge >= 0.3 is 0 Å². The minimum absolute atomic E-state index is 0. The van der Waals surface area contributed by atoms with Crippen molar-refractivity contribution in [1.29, 1.82) is 0 Å². The molecular formula is C8H10Cl2FNO. The zero-order valence-electron chi connectivity index (χ0n) is 6.71. The van der Waals surface area contributed by atoms with Gasteiger partial charge in [-0.2, -0.15) is 0 Å². The molecule has 0 saturated heterocycles. The molecule has 0 saturated carbocycles. The van der Waals surface area contributed by atoms with E-state index in [9.17, 15) is 4.39 Å². The fourth-order valence-corrected chi connectivity index (χ4v) is 0.966. The summed E-state index contributed by atoms with van der Waals surface area (Å²) in [6, 6.07) is 3.69. The number of aliphatic hydroxyl groups is 1. The molecule has 3 N–H and O–H groups in total. The molecule has 0 aliphatic rings. The highest BCUT2D eigenvalue weighted by Gasteiger charge is 2.06. The maximum atomic E-state index is 12.8. The zero-order valence-corrected chi connectivity index (χ0v) is 8.28. The average Bonchev–Trinajstić information content (AvgIpc) is 2.08. The van der Waals surface area contributed by atoms with E-state index in [2.05, 4.69) is 0 Å². The predicted molar refractivity (Wildman–Crippen MR) is 52.7 cm³/mol. The lowest BCUT2D eigenvalue weighted by Crippen LogP contribution is -2.14. The molecule has 0 aliphatic heterocycles. The third kappa shape index (κ3) is 3.12. The van der Waals surface area contributed by atoms with Gasteiger partial charge in [0, 0.05) is 0 Å². The van der Waals surface area contributed by atoms with E-state index in [4.69, 9.17) is 22.4 Å². The Morgan fingerprint density at radius 1 is 1.54 bits per heavy atom. The number of hydrogen-bond donors (Lipinski definition) is 2. The van der Waals surface area contributed by atoms with Crippen molar-refractivity contribution in [3.05, 3.63) is 34.6 Å². The van der Waals surface area contributed by atoms with Crippen molar-refractivity contribution in [2.75, 3.05) is 6.61 Å². The first kappa shape index (κ1) is 12.7. The zero-order chi connectivity index (χ0) is 9.14. The lowest BCUT2D eigenvalue weighted by molar-refractivity contribution is 0.268. The number of halogens is 3. The second-order valence-electron chi connectivity index (χ2n) is 2.46. The first-order chi connectivity index (χ1) is 5.65. The Kier molecular flexibility index (Phi) is 5.25. The molecule has 1 aromatic carbocycles. The van der Waals surface area contributed by atoms with Gasteiger partial charge < -0.3 is 10.8 Å². The van der Waals surface area contributed by atoms with Crippen LogP contribution in [0.25, 0.3) is 0 Å². The molecule has 0 fully saturated rings. The third-order valence-corrected chi connectivity index (χ3v) is 1.88. The molecule has 5 heteroatoms. The van der Waals surface area contributed by atoms with E-state index < -0.39 is 11.9 Å². The van der Waals surface area contributed by atoms with Gasteiger partial charge in [0.1, 0.15) is 5.82 Å². The van der Waals surface area contributed by atoms with Gasteiger partial charge in [-0.3, -0.25) is 0 Å². The quantitative estimate of drug-likeness (QED) is 0.808. The number of nitrogens with two attached hydrogens (primary N) is 1. The molecule has 2 nitrogen and oxygen atoms in total. The largest absolute Gasteiger partial charge is 0.394 e. The van der Waals surface area contributed by atoms with Crippen molar-refractivity contribution in [2.24, 2.45) is 5.73 Å². The van der Waals surface area contributed by atoms with Crippen molar-refractivity contribution in [1.82, 2.24) is 0 Å². The third-order valence-electron chi connectivity index (χ3n) is 1.57. The topological polar surface area (TPSA) is 46.2 Å². The Labute approximate surface area is 86.9 Å². The summed E-state index contributed by atoms with van der Waals surface area (Å²) in [5.74, 6) is -0.516. The van der Waals surface area contributed by atoms with E-state index in [0.29, 0.717) is 5.56 Å². The van der Waals surface area contributed by atoms with E-state index >= 15 is 0 Å². The van der Waals surface area contributed by atoms with Crippen molar-refractivity contribution in [3.8, 4) is 0 Å². The molecule has 0 bridgehead atoms. The van der Waals surface area contributed by atoms with Crippen LogP contribution >= 0.6 is 24.0 Å². The van der Waals surface area contributed by atoms with Crippen LogP contribution in [0.2, 0.25) is 5.02 Å². The van der Waals surface area contributed by atoms with Gasteiger partial charge in [0.2, 0.25) is 0 Å². The standard InChI is InChI=1S/C8H9ClFNO.ClH/c9-6-2-1-5(3-7(6)10)8(11)4-12;/h1-3,8,12H,4,11H2;1H. The van der Waals surface area contributed by atoms with Gasteiger partial charge in [-0.05, 0) is 17.7 Å². The Bertz CT molecular complexity index is 283. The van der Waals surface area contributed by atoms with E-state index in [1.165, 1.54) is 12.1 Å². The summed E-state index contributed by atoms with van der Waals surface area (Å²) in [6.07, 6.45) is 0. The lowest BCUT2D eigenvalue weighted by atomic mass is 10.1. The first-order valence-corrected chi connectivity index (χ1v) is 3.84. The monoisotopic (exact) mass is 225 g/mol. The van der Waals surface area contributed by atoms with E-state index in [0.717, 1.165) is 0 Å². The Morgan fingerprint density at radius 3 is 2.62 bits per heavy atom. The highest BCUT2D eigenvalue weighted by atomic mass is 35.5. The minimum Gasteiger partial charge on any atom is -0.394 e. The van der Waals surface area contributed by atoms with E-state index in [1.54, 1.807) is 6.07 Å². The number of aliphatic hydroxyl groups excluding tert-OH is 1. The summed E-state index contributed by atoms with van der Waals surface area (Å²) < 4.78 is 12.8. The van der Waals surface area contributed by atoms with Crippen molar-refractivity contribution < 1.29 is 9.50 Å². The summed E-state index contributed by atoms with van der Waals surface area (Å²) >= 11 is 5.45. The molecule has 74 valence electrons. The number of benzene rings is 1. The Morgan fingerprint density at radius 2 is 2.15 bits per heavy atom. The van der Waals surface area contributed by atoms with Gasteiger partial charge in [-0.1, -0.05) is 17.7 Å². The summed E-state index contributed by atoms with van der Waals surface area (Å²) in [6.45, 7) is -0.207. The Hall–Kier alpha value is -0.350. The summed E-state index contributed by atoms with van der Waals surface area (Å²) in [5.41, 5.74) is 5.99. The molecule has 1 unspecified atom stereocenters. The van der Waals surface area contributed by atoms with Crippen molar-refractivity contribution in [2.45, 2.75) is 6.04 Å². The first-order valence-electron chi connectivity index (χ1n) is 3.46. The molecule has 13 heavy (non-hydrogen) atoms. The van der Waals surface area contributed by atoms with E-state index in [-0.39, 0.29) is 24.0 Å². The number of hydrogen-bond acceptors (Lipinski definition) is 2. The van der Waals surface area contributed by atoms with Gasteiger partial charge in [0.05, 0.1) is 17.7 Å². The van der Waals surface area contributed by atoms with Gasteiger partial charge in [-0.25, -0.2) is 4.39 Å². The van der Waals surface area contributed by atoms with Crippen LogP contribution in [0, 0.1) is 5.82 Å². The molecule has 1 rings (SSSR count). The maximum absolute atomic E-state index is 12.8. The molecule has 0 amide bonds. The van der Waals surface area contributed by atoms with Crippen LogP contribution in [0.1, 0.15) is 11.6 Å². The smallest absolute Gasteiger partial charge is 0.142 e. The molecule has 0 aliphatic carbocycles. The van der Waals surface area contributed by atoms with Crippen LogP contribution < -0.4 is 5.73 Å². The van der Waals surface area contributed by atoms with Crippen LogP contribution in [-0.2, 0) is 0 Å². The van der Waals surface area contributed by atoms with Crippen LogP contribution in [0.4, 0.5) is 4.39 Å². The fourth-order valence-electron chi connectivity index (χ4n) is 0.848. The minimum atomic E-state index is -0.545. The van der Waals surface area contributed by atoms with Crippen LogP contribution in [-0.4, -0.2) is 11.7 Å². The van der Waals surface area contributed by atoms with Crippen LogP contribution in [0.5, 0.6) is 0 Å². The van der Waals surface area contributed by atoms with Gasteiger partial charge in [0.15, 0.2) is 0 Å². The Balaban J connectivity index is 0.00000144. The molecular weight excluding hydrogens is 216 g/mol. The molecule has 0 radical (unpaired) electrons. The van der Waals surface area contributed by atoms with E-state index in [1.807, 2.05) is 0 Å². The SMILES string of the molecule is Cl.NC(CO)c1ccc(Cl)c(F)c1. The second-order valence-corrected chi connectivity index (χ2v) is 2.87. The molecule has 1 aromatic rings. The highest BCUT2D eigenvalue weighted by Crippen LogP contribution is 2.18. The second kappa shape index (κ2) is 5.40. The molecule has 0 aromatic heterocycles. The van der Waals surface area contributed by atoms with Crippen molar-refractivity contribution >= 4 is 24.0 Å². The normalized spacial score (nSPS) is 12.0. The predicted octanol–water partition coefficient (Wildman–Crippen LogP) is 1.89.